The predicted octanol–water partition coefficient (Wildman–Crippen LogP) is 4.25. The molecule has 1 aromatic rings. The molecule has 110 valence electrons. The van der Waals surface area contributed by atoms with Crippen molar-refractivity contribution >= 4 is 21.8 Å². The summed E-state index contributed by atoms with van der Waals surface area (Å²) in [6, 6.07) is 10.1. The third-order valence-electron chi connectivity index (χ3n) is 4.51. The van der Waals surface area contributed by atoms with Gasteiger partial charge in [-0.1, -0.05) is 66.0 Å². The summed E-state index contributed by atoms with van der Waals surface area (Å²) in [5, 5.41) is 4.19. The van der Waals surface area contributed by atoms with E-state index < -0.39 is 0 Å². The zero-order chi connectivity index (χ0) is 14.4. The molecule has 0 aliphatic heterocycles. The number of amides is 1. The van der Waals surface area contributed by atoms with Gasteiger partial charge in [0.05, 0.1) is 5.92 Å². The lowest BCUT2D eigenvalue weighted by Crippen LogP contribution is -2.39. The highest BCUT2D eigenvalue weighted by molar-refractivity contribution is 9.09. The average molecular weight is 338 g/mol. The molecule has 0 aromatic heterocycles. The molecule has 1 amide bonds. The molecule has 1 fully saturated rings. The Labute approximate surface area is 130 Å². The van der Waals surface area contributed by atoms with Gasteiger partial charge in [0.2, 0.25) is 5.91 Å². The van der Waals surface area contributed by atoms with E-state index in [9.17, 15) is 4.79 Å². The van der Waals surface area contributed by atoms with E-state index in [1.54, 1.807) is 0 Å². The molecule has 1 saturated carbocycles. The summed E-state index contributed by atoms with van der Waals surface area (Å²) in [5.74, 6) is 0.149. The number of alkyl halides is 1. The molecule has 1 N–H and O–H groups in total. The highest BCUT2D eigenvalue weighted by Crippen LogP contribution is 2.39. The minimum Gasteiger partial charge on any atom is -0.355 e. The lowest BCUT2D eigenvalue weighted by molar-refractivity contribution is -0.123. The molecule has 1 aliphatic carbocycles. The van der Waals surface area contributed by atoms with Crippen molar-refractivity contribution in [3.8, 4) is 0 Å². The van der Waals surface area contributed by atoms with E-state index >= 15 is 0 Å². The first-order valence-electron chi connectivity index (χ1n) is 7.59. The summed E-state index contributed by atoms with van der Waals surface area (Å²) < 4.78 is 0. The van der Waals surface area contributed by atoms with E-state index in [-0.39, 0.29) is 17.2 Å². The summed E-state index contributed by atoms with van der Waals surface area (Å²) in [6.07, 6.45) is 5.87. The van der Waals surface area contributed by atoms with Crippen LogP contribution < -0.4 is 5.32 Å². The average Bonchev–Trinajstić information content (AvgIpc) is 2.97. The zero-order valence-electron chi connectivity index (χ0n) is 12.2. The molecule has 0 heterocycles. The molecule has 1 atom stereocenters. The number of hydrogen-bond acceptors (Lipinski definition) is 1. The van der Waals surface area contributed by atoms with Crippen LogP contribution in [-0.4, -0.2) is 17.8 Å². The first-order chi connectivity index (χ1) is 9.71. The maximum Gasteiger partial charge on any atom is 0.227 e. The van der Waals surface area contributed by atoms with E-state index in [2.05, 4.69) is 28.2 Å². The van der Waals surface area contributed by atoms with Crippen LogP contribution in [-0.2, 0) is 4.79 Å². The van der Waals surface area contributed by atoms with Gasteiger partial charge >= 0.3 is 0 Å². The molecular formula is C17H24BrNO. The lowest BCUT2D eigenvalue weighted by Gasteiger charge is -2.28. The van der Waals surface area contributed by atoms with Crippen LogP contribution in [0.5, 0.6) is 0 Å². The van der Waals surface area contributed by atoms with E-state index in [4.69, 9.17) is 0 Å². The number of carbonyl (C=O) groups excluding carboxylic acids is 1. The third-order valence-corrected chi connectivity index (χ3v) is 5.70. The number of halogens is 1. The highest BCUT2D eigenvalue weighted by Gasteiger charge is 2.33. The standard InChI is InChI=1S/C17H24BrNO/c1-2-15(14-8-4-3-5-9-14)16(20)19-13-17(12-18)10-6-7-11-17/h3-5,8-9,15H,2,6-7,10-13H2,1H3,(H,19,20). The first kappa shape index (κ1) is 15.6. The van der Waals surface area contributed by atoms with Gasteiger partial charge in [0.15, 0.2) is 0 Å². The van der Waals surface area contributed by atoms with Crippen molar-refractivity contribution in [2.75, 3.05) is 11.9 Å². The van der Waals surface area contributed by atoms with Gasteiger partial charge in [0.1, 0.15) is 0 Å². The van der Waals surface area contributed by atoms with Crippen LogP contribution >= 0.6 is 15.9 Å². The Morgan fingerprint density at radius 1 is 1.30 bits per heavy atom. The molecular weight excluding hydrogens is 314 g/mol. The molecule has 1 aromatic carbocycles. The Morgan fingerprint density at radius 2 is 1.95 bits per heavy atom. The molecule has 20 heavy (non-hydrogen) atoms. The van der Waals surface area contributed by atoms with Crippen molar-refractivity contribution in [1.29, 1.82) is 0 Å². The van der Waals surface area contributed by atoms with Gasteiger partial charge in [0.25, 0.3) is 0 Å². The third kappa shape index (κ3) is 3.63. The molecule has 1 unspecified atom stereocenters. The minimum atomic E-state index is -0.0232. The Morgan fingerprint density at radius 3 is 2.50 bits per heavy atom. The Bertz CT molecular complexity index is 426. The molecule has 0 bridgehead atoms. The Kier molecular flexibility index (Phi) is 5.64. The number of nitrogens with one attached hydrogen (secondary N) is 1. The minimum absolute atomic E-state index is 0.0232. The lowest BCUT2D eigenvalue weighted by atomic mass is 9.88. The number of benzene rings is 1. The fourth-order valence-electron chi connectivity index (χ4n) is 3.14. The quantitative estimate of drug-likeness (QED) is 0.772. The van der Waals surface area contributed by atoms with Gasteiger partial charge in [-0.05, 0) is 30.2 Å². The molecule has 2 rings (SSSR count). The van der Waals surface area contributed by atoms with Crippen LogP contribution in [0, 0.1) is 5.41 Å². The van der Waals surface area contributed by atoms with Crippen LogP contribution in [0.1, 0.15) is 50.5 Å². The van der Waals surface area contributed by atoms with Crippen molar-refractivity contribution in [2.45, 2.75) is 44.9 Å². The monoisotopic (exact) mass is 337 g/mol. The number of hydrogen-bond donors (Lipinski definition) is 1. The molecule has 0 saturated heterocycles. The summed E-state index contributed by atoms with van der Waals surface area (Å²) in [7, 11) is 0. The second-order valence-electron chi connectivity index (χ2n) is 5.93. The van der Waals surface area contributed by atoms with Gasteiger partial charge in [-0.25, -0.2) is 0 Å². The smallest absolute Gasteiger partial charge is 0.227 e. The second-order valence-corrected chi connectivity index (χ2v) is 6.49. The molecule has 3 heteroatoms. The molecule has 1 aliphatic rings. The van der Waals surface area contributed by atoms with Crippen LogP contribution in [0.3, 0.4) is 0 Å². The van der Waals surface area contributed by atoms with Gasteiger partial charge in [-0.3, -0.25) is 4.79 Å². The van der Waals surface area contributed by atoms with E-state index in [0.29, 0.717) is 0 Å². The topological polar surface area (TPSA) is 29.1 Å². The van der Waals surface area contributed by atoms with E-state index in [1.807, 2.05) is 30.3 Å². The number of rotatable bonds is 6. The van der Waals surface area contributed by atoms with Crippen LogP contribution in [0.25, 0.3) is 0 Å². The van der Waals surface area contributed by atoms with Gasteiger partial charge in [-0.2, -0.15) is 0 Å². The second kappa shape index (κ2) is 7.26. The maximum absolute atomic E-state index is 12.5. The normalized spacial score (nSPS) is 18.7. The fourth-order valence-corrected chi connectivity index (χ4v) is 3.90. The molecule has 0 radical (unpaired) electrons. The van der Waals surface area contributed by atoms with Crippen molar-refractivity contribution < 1.29 is 4.79 Å². The van der Waals surface area contributed by atoms with E-state index in [0.717, 1.165) is 23.9 Å². The summed E-state index contributed by atoms with van der Waals surface area (Å²) in [6.45, 7) is 2.88. The van der Waals surface area contributed by atoms with Crippen molar-refractivity contribution in [2.24, 2.45) is 5.41 Å². The van der Waals surface area contributed by atoms with Crippen molar-refractivity contribution in [3.05, 3.63) is 35.9 Å². The van der Waals surface area contributed by atoms with Gasteiger partial charge < -0.3 is 5.32 Å². The zero-order valence-corrected chi connectivity index (χ0v) is 13.8. The Balaban J connectivity index is 1.96. The van der Waals surface area contributed by atoms with Crippen LogP contribution in [0.4, 0.5) is 0 Å². The van der Waals surface area contributed by atoms with Gasteiger partial charge in [0, 0.05) is 11.9 Å². The van der Waals surface area contributed by atoms with E-state index in [1.165, 1.54) is 25.7 Å². The molecule has 0 spiro atoms. The largest absolute Gasteiger partial charge is 0.355 e. The highest BCUT2D eigenvalue weighted by atomic mass is 79.9. The SMILES string of the molecule is CCC(C(=O)NCC1(CBr)CCCC1)c1ccccc1. The Hall–Kier alpha value is -0.830. The summed E-state index contributed by atoms with van der Waals surface area (Å²) >= 11 is 3.63. The number of carbonyl (C=O) groups is 1. The van der Waals surface area contributed by atoms with Crippen molar-refractivity contribution in [1.82, 2.24) is 5.32 Å². The summed E-state index contributed by atoms with van der Waals surface area (Å²) in [5.41, 5.74) is 1.40. The summed E-state index contributed by atoms with van der Waals surface area (Å²) in [4.78, 5) is 12.5. The van der Waals surface area contributed by atoms with Crippen LogP contribution in [0.2, 0.25) is 0 Å². The van der Waals surface area contributed by atoms with Crippen LogP contribution in [0.15, 0.2) is 30.3 Å². The predicted molar refractivity (Wildman–Crippen MR) is 87.2 cm³/mol. The van der Waals surface area contributed by atoms with Crippen molar-refractivity contribution in [3.63, 3.8) is 0 Å². The van der Waals surface area contributed by atoms with Gasteiger partial charge in [-0.15, -0.1) is 0 Å². The maximum atomic E-state index is 12.5. The first-order valence-corrected chi connectivity index (χ1v) is 8.71. The fraction of sp³-hybridized carbons (Fsp3) is 0.588. The molecule has 2 nitrogen and oxygen atoms in total.